The van der Waals surface area contributed by atoms with E-state index in [2.05, 4.69) is 11.9 Å². The van der Waals surface area contributed by atoms with Crippen molar-refractivity contribution in [3.8, 4) is 11.5 Å². The molecule has 1 amide bonds. The molecule has 0 bridgehead atoms. The number of thiazole rings is 1. The van der Waals surface area contributed by atoms with Gasteiger partial charge in [0.2, 0.25) is 5.76 Å². The number of rotatable bonds is 9. The van der Waals surface area contributed by atoms with E-state index in [1.54, 1.807) is 44.2 Å². The molecule has 0 spiro atoms. The van der Waals surface area contributed by atoms with Crippen LogP contribution in [0.15, 0.2) is 45.6 Å². The van der Waals surface area contributed by atoms with E-state index in [-0.39, 0.29) is 44.3 Å². The molecule has 0 aliphatic carbocycles. The van der Waals surface area contributed by atoms with Crippen molar-refractivity contribution in [3.05, 3.63) is 79.1 Å². The standard InChI is InChI=1S/C29H27ClN2O7S/c1-5-7-12-38-20-10-8-16(13-21(20)36-4)23-22-24(33)18-14-17(30)9-11-19(18)39-25(22)27(34)32(23)29-31-15(3)26(40-29)28(35)37-6-2/h8-11,13-14,23H,5-7,12H2,1-4H3. The van der Waals surface area contributed by atoms with Crippen LogP contribution in [0.2, 0.25) is 5.02 Å². The van der Waals surface area contributed by atoms with Gasteiger partial charge in [-0.2, -0.15) is 0 Å². The molecule has 1 unspecified atom stereocenters. The zero-order valence-electron chi connectivity index (χ0n) is 22.4. The quantitative estimate of drug-likeness (QED) is 0.166. The van der Waals surface area contributed by atoms with Gasteiger partial charge in [0, 0.05) is 5.02 Å². The normalized spacial score (nSPS) is 14.5. The second kappa shape index (κ2) is 11.3. The molecule has 2 aromatic carbocycles. The lowest BCUT2D eigenvalue weighted by molar-refractivity contribution is 0.0531. The highest BCUT2D eigenvalue weighted by molar-refractivity contribution is 7.17. The molecule has 1 aliphatic rings. The van der Waals surface area contributed by atoms with Gasteiger partial charge in [0.25, 0.3) is 5.91 Å². The van der Waals surface area contributed by atoms with Gasteiger partial charge < -0.3 is 18.6 Å². The van der Waals surface area contributed by atoms with Gasteiger partial charge in [0.05, 0.1) is 43.0 Å². The third kappa shape index (κ3) is 4.82. The van der Waals surface area contributed by atoms with Crippen LogP contribution in [0.1, 0.15) is 69.8 Å². The Kier molecular flexibility index (Phi) is 7.82. The molecule has 0 fully saturated rings. The van der Waals surface area contributed by atoms with Crippen LogP contribution in [0.5, 0.6) is 11.5 Å². The van der Waals surface area contributed by atoms with Gasteiger partial charge in [-0.15, -0.1) is 0 Å². The third-order valence-electron chi connectivity index (χ3n) is 6.54. The summed E-state index contributed by atoms with van der Waals surface area (Å²) in [6, 6.07) is 9.01. The number of carbonyl (C=O) groups is 2. The average molecular weight is 583 g/mol. The van der Waals surface area contributed by atoms with Crippen LogP contribution in [0.25, 0.3) is 11.0 Å². The number of aromatic nitrogens is 1. The Bertz CT molecular complexity index is 1680. The van der Waals surface area contributed by atoms with Gasteiger partial charge in [0.15, 0.2) is 22.1 Å². The smallest absolute Gasteiger partial charge is 0.350 e. The molecule has 1 atom stereocenters. The van der Waals surface area contributed by atoms with E-state index in [1.165, 1.54) is 18.1 Å². The van der Waals surface area contributed by atoms with Crippen molar-refractivity contribution < 1.29 is 28.2 Å². The fraction of sp³-hybridized carbons (Fsp3) is 0.310. The van der Waals surface area contributed by atoms with Crippen LogP contribution in [-0.2, 0) is 4.74 Å². The number of aryl methyl sites for hydroxylation is 1. The Morgan fingerprint density at radius 2 is 1.95 bits per heavy atom. The molecule has 0 radical (unpaired) electrons. The van der Waals surface area contributed by atoms with E-state index in [0.29, 0.717) is 34.4 Å². The molecule has 3 heterocycles. The molecule has 4 aromatic rings. The number of methoxy groups -OCH3 is 1. The minimum Gasteiger partial charge on any atom is -0.493 e. The molecule has 208 valence electrons. The van der Waals surface area contributed by atoms with Crippen molar-refractivity contribution in [2.24, 2.45) is 0 Å². The Morgan fingerprint density at radius 1 is 1.15 bits per heavy atom. The van der Waals surface area contributed by atoms with Crippen molar-refractivity contribution in [1.29, 1.82) is 0 Å². The summed E-state index contributed by atoms with van der Waals surface area (Å²) < 4.78 is 22.7. The maximum absolute atomic E-state index is 13.9. The highest BCUT2D eigenvalue weighted by Crippen LogP contribution is 2.45. The zero-order chi connectivity index (χ0) is 28.6. The number of ether oxygens (including phenoxy) is 3. The van der Waals surface area contributed by atoms with Crippen LogP contribution in [0.3, 0.4) is 0 Å². The average Bonchev–Trinajstić information content (AvgIpc) is 3.46. The SMILES string of the molecule is CCCCOc1ccc(C2c3c(oc4ccc(Cl)cc4c3=O)C(=O)N2c2nc(C)c(C(=O)OCC)s2)cc1OC. The van der Waals surface area contributed by atoms with Crippen molar-refractivity contribution >= 4 is 50.9 Å². The van der Waals surface area contributed by atoms with Gasteiger partial charge >= 0.3 is 5.97 Å². The maximum Gasteiger partial charge on any atom is 0.350 e. The number of esters is 1. The molecule has 0 N–H and O–H groups in total. The van der Waals surface area contributed by atoms with E-state index in [1.807, 2.05) is 0 Å². The number of nitrogens with zero attached hydrogens (tertiary/aromatic N) is 2. The number of fused-ring (bicyclic) bond motifs is 2. The molecular formula is C29H27ClN2O7S. The number of anilines is 1. The fourth-order valence-corrected chi connectivity index (χ4v) is 5.79. The van der Waals surface area contributed by atoms with Crippen LogP contribution in [-0.4, -0.2) is 37.2 Å². The van der Waals surface area contributed by atoms with Crippen LogP contribution in [0, 0.1) is 6.92 Å². The summed E-state index contributed by atoms with van der Waals surface area (Å²) in [5.74, 6) is -0.194. The molecular weight excluding hydrogens is 556 g/mol. The highest BCUT2D eigenvalue weighted by Gasteiger charge is 2.45. The van der Waals surface area contributed by atoms with Crippen LogP contribution < -0.4 is 19.8 Å². The molecule has 2 aromatic heterocycles. The van der Waals surface area contributed by atoms with Gasteiger partial charge in [-0.05, 0) is 56.2 Å². The lowest BCUT2D eigenvalue weighted by Gasteiger charge is -2.23. The number of unbranched alkanes of at least 4 members (excludes halogenated alkanes) is 1. The lowest BCUT2D eigenvalue weighted by atomic mass is 9.98. The Balaban J connectivity index is 1.71. The predicted molar refractivity (Wildman–Crippen MR) is 152 cm³/mol. The summed E-state index contributed by atoms with van der Waals surface area (Å²) >= 11 is 7.21. The molecule has 0 saturated carbocycles. The second-order valence-corrected chi connectivity index (χ2v) is 10.5. The van der Waals surface area contributed by atoms with E-state index in [4.69, 9.17) is 30.2 Å². The van der Waals surface area contributed by atoms with E-state index >= 15 is 0 Å². The number of carbonyl (C=O) groups excluding carboxylic acids is 2. The van der Waals surface area contributed by atoms with E-state index in [0.717, 1.165) is 24.2 Å². The summed E-state index contributed by atoms with van der Waals surface area (Å²) in [7, 11) is 1.52. The number of halogens is 1. The summed E-state index contributed by atoms with van der Waals surface area (Å²) in [4.78, 5) is 46.5. The minimum absolute atomic E-state index is 0.0994. The van der Waals surface area contributed by atoms with Crippen LogP contribution in [0.4, 0.5) is 5.13 Å². The molecule has 5 rings (SSSR count). The molecule has 0 saturated heterocycles. The second-order valence-electron chi connectivity index (χ2n) is 9.14. The van der Waals surface area contributed by atoms with Crippen molar-refractivity contribution in [2.45, 2.75) is 39.7 Å². The number of hydrogen-bond donors (Lipinski definition) is 0. The first kappa shape index (κ1) is 27.7. The molecule has 1 aliphatic heterocycles. The van der Waals surface area contributed by atoms with Crippen molar-refractivity contribution in [2.75, 3.05) is 25.2 Å². The summed E-state index contributed by atoms with van der Waals surface area (Å²) in [6.07, 6.45) is 1.86. The first-order valence-electron chi connectivity index (χ1n) is 12.8. The number of benzene rings is 2. The fourth-order valence-electron chi connectivity index (χ4n) is 4.63. The van der Waals surface area contributed by atoms with Crippen LogP contribution >= 0.6 is 22.9 Å². The van der Waals surface area contributed by atoms with Gasteiger partial charge in [0.1, 0.15) is 10.5 Å². The van der Waals surface area contributed by atoms with E-state index < -0.39 is 17.9 Å². The topological polar surface area (TPSA) is 108 Å². The van der Waals surface area contributed by atoms with Gasteiger partial charge in [-0.1, -0.05) is 42.3 Å². The monoisotopic (exact) mass is 582 g/mol. The van der Waals surface area contributed by atoms with Crippen molar-refractivity contribution in [1.82, 2.24) is 4.98 Å². The Hall–Kier alpha value is -3.89. The van der Waals surface area contributed by atoms with Gasteiger partial charge in [-0.3, -0.25) is 14.5 Å². The molecule has 40 heavy (non-hydrogen) atoms. The number of amides is 1. The first-order valence-corrected chi connectivity index (χ1v) is 14.0. The van der Waals surface area contributed by atoms with Crippen molar-refractivity contribution in [3.63, 3.8) is 0 Å². The molecule has 11 heteroatoms. The Morgan fingerprint density at radius 3 is 2.67 bits per heavy atom. The maximum atomic E-state index is 13.9. The third-order valence-corrected chi connectivity index (χ3v) is 7.92. The first-order chi connectivity index (χ1) is 19.3. The summed E-state index contributed by atoms with van der Waals surface area (Å²) in [5.41, 5.74) is 0.982. The van der Waals surface area contributed by atoms with Gasteiger partial charge in [-0.25, -0.2) is 9.78 Å². The summed E-state index contributed by atoms with van der Waals surface area (Å²) in [5, 5.41) is 0.841. The predicted octanol–water partition coefficient (Wildman–Crippen LogP) is 6.33. The van der Waals surface area contributed by atoms with E-state index in [9.17, 15) is 14.4 Å². The Labute approximate surface area is 239 Å². The summed E-state index contributed by atoms with van der Waals surface area (Å²) in [6.45, 7) is 6.17. The largest absolute Gasteiger partial charge is 0.493 e. The lowest BCUT2D eigenvalue weighted by Crippen LogP contribution is -2.29. The highest BCUT2D eigenvalue weighted by atomic mass is 35.5. The zero-order valence-corrected chi connectivity index (χ0v) is 24.0. The minimum atomic E-state index is -0.915. The molecule has 9 nitrogen and oxygen atoms in total. The number of hydrogen-bond acceptors (Lipinski definition) is 9.